The van der Waals surface area contributed by atoms with Crippen molar-refractivity contribution in [3.05, 3.63) is 70.7 Å². The fourth-order valence-electron chi connectivity index (χ4n) is 3.08. The van der Waals surface area contributed by atoms with Gasteiger partial charge in [-0.3, -0.25) is 9.59 Å². The predicted molar refractivity (Wildman–Crippen MR) is 114 cm³/mol. The van der Waals surface area contributed by atoms with Gasteiger partial charge in [-0.2, -0.15) is 0 Å². The van der Waals surface area contributed by atoms with E-state index in [-0.39, 0.29) is 18.2 Å². The zero-order valence-electron chi connectivity index (χ0n) is 16.7. The average molecular weight is 401 g/mol. The average Bonchev–Trinajstić information content (AvgIpc) is 2.70. The molecule has 0 aliphatic rings. The standard InChI is InChI=1S/C23H29ClN2O2/c1-3-5-15-25-23(28)21(4-2)26(17-19-9-7-6-8-10-19)22(27)16-18-11-13-20(24)14-12-18/h6-14,21H,3-5,15-17H2,1-2H3,(H,25,28)/t21-/m1/s1. The normalized spacial score (nSPS) is 11.7. The van der Waals surface area contributed by atoms with Crippen LogP contribution in [0.25, 0.3) is 0 Å². The van der Waals surface area contributed by atoms with Crippen molar-refractivity contribution in [1.82, 2.24) is 10.2 Å². The quantitative estimate of drug-likeness (QED) is 0.592. The molecular weight excluding hydrogens is 372 g/mol. The van der Waals surface area contributed by atoms with Crippen LogP contribution in [-0.2, 0) is 22.6 Å². The minimum absolute atomic E-state index is 0.0660. The van der Waals surface area contributed by atoms with Crippen LogP contribution in [0.4, 0.5) is 0 Å². The first-order valence-corrected chi connectivity index (χ1v) is 10.3. The number of hydrogen-bond acceptors (Lipinski definition) is 2. The maximum atomic E-state index is 13.1. The molecule has 0 saturated carbocycles. The Hall–Kier alpha value is -2.33. The third-order valence-electron chi connectivity index (χ3n) is 4.68. The van der Waals surface area contributed by atoms with Gasteiger partial charge >= 0.3 is 0 Å². The highest BCUT2D eigenvalue weighted by Gasteiger charge is 2.28. The van der Waals surface area contributed by atoms with Gasteiger partial charge in [-0.05, 0) is 36.1 Å². The van der Waals surface area contributed by atoms with Crippen molar-refractivity contribution in [2.75, 3.05) is 6.54 Å². The molecule has 2 aromatic carbocycles. The van der Waals surface area contributed by atoms with Crippen LogP contribution >= 0.6 is 11.6 Å². The maximum Gasteiger partial charge on any atom is 0.242 e. The molecule has 1 atom stereocenters. The molecule has 0 aliphatic heterocycles. The topological polar surface area (TPSA) is 49.4 Å². The summed E-state index contributed by atoms with van der Waals surface area (Å²) >= 11 is 5.94. The van der Waals surface area contributed by atoms with E-state index in [2.05, 4.69) is 12.2 Å². The van der Waals surface area contributed by atoms with E-state index < -0.39 is 6.04 Å². The van der Waals surface area contributed by atoms with Crippen LogP contribution in [-0.4, -0.2) is 29.3 Å². The zero-order chi connectivity index (χ0) is 20.4. The van der Waals surface area contributed by atoms with Crippen molar-refractivity contribution in [1.29, 1.82) is 0 Å². The monoisotopic (exact) mass is 400 g/mol. The summed E-state index contributed by atoms with van der Waals surface area (Å²) < 4.78 is 0. The fourth-order valence-corrected chi connectivity index (χ4v) is 3.21. The summed E-state index contributed by atoms with van der Waals surface area (Å²) in [6, 6.07) is 16.6. The first-order valence-electron chi connectivity index (χ1n) is 9.90. The summed E-state index contributed by atoms with van der Waals surface area (Å²) in [4.78, 5) is 27.6. The molecule has 0 aliphatic carbocycles. The van der Waals surface area contributed by atoms with Crippen molar-refractivity contribution in [2.24, 2.45) is 0 Å². The highest BCUT2D eigenvalue weighted by Crippen LogP contribution is 2.16. The molecule has 150 valence electrons. The molecule has 2 amide bonds. The molecule has 28 heavy (non-hydrogen) atoms. The highest BCUT2D eigenvalue weighted by molar-refractivity contribution is 6.30. The molecule has 0 bridgehead atoms. The summed E-state index contributed by atoms with van der Waals surface area (Å²) in [6.45, 7) is 5.07. The Morgan fingerprint density at radius 1 is 1.00 bits per heavy atom. The van der Waals surface area contributed by atoms with E-state index in [0.717, 1.165) is 24.0 Å². The van der Waals surface area contributed by atoms with Crippen LogP contribution in [0.1, 0.15) is 44.2 Å². The lowest BCUT2D eigenvalue weighted by molar-refractivity contribution is -0.140. The summed E-state index contributed by atoms with van der Waals surface area (Å²) in [5, 5.41) is 3.61. The van der Waals surface area contributed by atoms with Crippen molar-refractivity contribution < 1.29 is 9.59 Å². The Bertz CT molecular complexity index is 747. The predicted octanol–water partition coefficient (Wildman–Crippen LogP) is 4.61. The van der Waals surface area contributed by atoms with Gasteiger partial charge in [0.2, 0.25) is 11.8 Å². The Balaban J connectivity index is 2.19. The fraction of sp³-hybridized carbons (Fsp3) is 0.391. The first-order chi connectivity index (χ1) is 13.5. The van der Waals surface area contributed by atoms with Crippen LogP contribution in [0.2, 0.25) is 5.02 Å². The van der Waals surface area contributed by atoms with Crippen LogP contribution < -0.4 is 5.32 Å². The minimum atomic E-state index is -0.489. The van der Waals surface area contributed by atoms with Gasteiger partial charge in [-0.25, -0.2) is 0 Å². The maximum absolute atomic E-state index is 13.1. The number of nitrogens with zero attached hydrogens (tertiary/aromatic N) is 1. The van der Waals surface area contributed by atoms with Crippen molar-refractivity contribution >= 4 is 23.4 Å². The molecular formula is C23H29ClN2O2. The highest BCUT2D eigenvalue weighted by atomic mass is 35.5. The largest absolute Gasteiger partial charge is 0.354 e. The Kier molecular flexibility index (Phi) is 9.02. The second kappa shape index (κ2) is 11.5. The van der Waals surface area contributed by atoms with Gasteiger partial charge in [0.1, 0.15) is 6.04 Å². The first kappa shape index (κ1) is 22.0. The molecule has 0 spiro atoms. The zero-order valence-corrected chi connectivity index (χ0v) is 17.4. The van der Waals surface area contributed by atoms with E-state index in [4.69, 9.17) is 11.6 Å². The van der Waals surface area contributed by atoms with E-state index in [1.165, 1.54) is 0 Å². The number of halogens is 1. The Morgan fingerprint density at radius 3 is 2.29 bits per heavy atom. The number of amides is 2. The van der Waals surface area contributed by atoms with Gasteiger partial charge in [-0.15, -0.1) is 0 Å². The molecule has 0 saturated heterocycles. The molecule has 5 heteroatoms. The van der Waals surface area contributed by atoms with Gasteiger partial charge < -0.3 is 10.2 Å². The number of nitrogens with one attached hydrogen (secondary N) is 1. The molecule has 4 nitrogen and oxygen atoms in total. The SMILES string of the molecule is CCCCNC(=O)[C@@H](CC)N(Cc1ccccc1)C(=O)Cc1ccc(Cl)cc1. The van der Waals surface area contributed by atoms with Crippen LogP contribution in [0.5, 0.6) is 0 Å². The number of rotatable bonds is 10. The van der Waals surface area contributed by atoms with Crippen LogP contribution in [0.3, 0.4) is 0 Å². The number of benzene rings is 2. The molecule has 2 aromatic rings. The molecule has 0 fully saturated rings. The molecule has 2 rings (SSSR count). The smallest absolute Gasteiger partial charge is 0.242 e. The summed E-state index contributed by atoms with van der Waals surface area (Å²) in [5.41, 5.74) is 1.89. The number of hydrogen-bond donors (Lipinski definition) is 1. The Morgan fingerprint density at radius 2 is 1.68 bits per heavy atom. The minimum Gasteiger partial charge on any atom is -0.354 e. The number of carbonyl (C=O) groups is 2. The second-order valence-electron chi connectivity index (χ2n) is 6.88. The van der Waals surface area contributed by atoms with Gasteiger partial charge in [0.15, 0.2) is 0 Å². The third-order valence-corrected chi connectivity index (χ3v) is 4.93. The molecule has 0 aromatic heterocycles. The Labute approximate surface area is 172 Å². The summed E-state index contributed by atoms with van der Waals surface area (Å²) in [7, 11) is 0. The lowest BCUT2D eigenvalue weighted by Gasteiger charge is -2.31. The number of carbonyl (C=O) groups excluding carboxylic acids is 2. The lowest BCUT2D eigenvalue weighted by Crippen LogP contribution is -2.49. The summed E-state index contributed by atoms with van der Waals surface area (Å²) in [5.74, 6) is -0.153. The lowest BCUT2D eigenvalue weighted by atomic mass is 10.1. The molecule has 0 radical (unpaired) electrons. The van der Waals surface area contributed by atoms with E-state index >= 15 is 0 Å². The number of unbranched alkanes of at least 4 members (excludes halogenated alkanes) is 1. The van der Waals surface area contributed by atoms with Gasteiger partial charge in [0, 0.05) is 18.1 Å². The van der Waals surface area contributed by atoms with Crippen LogP contribution in [0, 0.1) is 0 Å². The van der Waals surface area contributed by atoms with Gasteiger partial charge in [0.05, 0.1) is 6.42 Å². The van der Waals surface area contributed by atoms with E-state index in [0.29, 0.717) is 24.5 Å². The van der Waals surface area contributed by atoms with Crippen LogP contribution in [0.15, 0.2) is 54.6 Å². The van der Waals surface area contributed by atoms with Crippen molar-refractivity contribution in [3.8, 4) is 0 Å². The second-order valence-corrected chi connectivity index (χ2v) is 7.32. The van der Waals surface area contributed by atoms with E-state index in [1.807, 2.05) is 49.4 Å². The van der Waals surface area contributed by atoms with E-state index in [9.17, 15) is 9.59 Å². The van der Waals surface area contributed by atoms with Gasteiger partial charge in [0.25, 0.3) is 0 Å². The summed E-state index contributed by atoms with van der Waals surface area (Å²) in [6.07, 6.45) is 2.75. The molecule has 1 N–H and O–H groups in total. The third kappa shape index (κ3) is 6.68. The molecule has 0 heterocycles. The van der Waals surface area contributed by atoms with Gasteiger partial charge in [-0.1, -0.05) is 74.3 Å². The molecule has 0 unspecified atom stereocenters. The van der Waals surface area contributed by atoms with Crippen molar-refractivity contribution in [3.63, 3.8) is 0 Å². The van der Waals surface area contributed by atoms with Crippen molar-refractivity contribution in [2.45, 2.75) is 52.1 Å². The van der Waals surface area contributed by atoms with E-state index in [1.54, 1.807) is 17.0 Å².